The third-order valence-electron chi connectivity index (χ3n) is 4.90. The zero-order valence-corrected chi connectivity index (χ0v) is 14.3. The van der Waals surface area contributed by atoms with Crippen molar-refractivity contribution in [3.05, 3.63) is 17.7 Å². The van der Waals surface area contributed by atoms with E-state index in [9.17, 15) is 18.4 Å². The SMILES string of the molecule is COCCN1CC[C@]2(CN(C(=O)c3cnc(C)[nH]3)CC(F)(F)C2)C1=O. The molecule has 1 aromatic heterocycles. The molecule has 0 unspecified atom stereocenters. The highest BCUT2D eigenvalue weighted by molar-refractivity contribution is 5.93. The molecule has 2 amide bonds. The van der Waals surface area contributed by atoms with Crippen LogP contribution in [0, 0.1) is 12.3 Å². The van der Waals surface area contributed by atoms with Crippen molar-refractivity contribution in [1.29, 1.82) is 0 Å². The van der Waals surface area contributed by atoms with Gasteiger partial charge in [0, 0.05) is 33.2 Å². The Bertz CT molecular complexity index is 678. The van der Waals surface area contributed by atoms with E-state index in [1.165, 1.54) is 13.3 Å². The van der Waals surface area contributed by atoms with Crippen LogP contribution in [0.1, 0.15) is 29.2 Å². The number of nitrogens with one attached hydrogen (secondary N) is 1. The number of methoxy groups -OCH3 is 1. The van der Waals surface area contributed by atoms with Gasteiger partial charge in [-0.05, 0) is 13.3 Å². The van der Waals surface area contributed by atoms with Crippen molar-refractivity contribution in [2.75, 3.05) is 39.9 Å². The average molecular weight is 356 g/mol. The molecule has 2 saturated heterocycles. The number of aromatic nitrogens is 2. The Hall–Kier alpha value is -2.03. The molecule has 0 aromatic carbocycles. The molecule has 1 atom stereocenters. The van der Waals surface area contributed by atoms with E-state index >= 15 is 0 Å². The molecule has 0 aliphatic carbocycles. The first-order valence-electron chi connectivity index (χ1n) is 8.23. The monoisotopic (exact) mass is 356 g/mol. The predicted molar refractivity (Wildman–Crippen MR) is 84.3 cm³/mol. The lowest BCUT2D eigenvalue weighted by Gasteiger charge is -2.42. The van der Waals surface area contributed by atoms with Crippen LogP contribution >= 0.6 is 0 Å². The number of alkyl halides is 2. The zero-order valence-electron chi connectivity index (χ0n) is 14.3. The molecule has 7 nitrogen and oxygen atoms in total. The molecule has 1 spiro atoms. The quantitative estimate of drug-likeness (QED) is 0.875. The molecule has 1 aromatic rings. The van der Waals surface area contributed by atoms with Crippen LogP contribution in [0.4, 0.5) is 8.78 Å². The molecule has 2 fully saturated rings. The zero-order chi connectivity index (χ0) is 18.2. The lowest BCUT2D eigenvalue weighted by Crippen LogP contribution is -2.57. The van der Waals surface area contributed by atoms with Crippen LogP contribution in [-0.2, 0) is 9.53 Å². The summed E-state index contributed by atoms with van der Waals surface area (Å²) in [6, 6.07) is 0. The molecule has 1 N–H and O–H groups in total. The molecule has 0 bridgehead atoms. The Morgan fingerprint density at radius 3 is 2.84 bits per heavy atom. The van der Waals surface area contributed by atoms with Crippen LogP contribution in [-0.4, -0.2) is 77.4 Å². The molecule has 9 heteroatoms. The summed E-state index contributed by atoms with van der Waals surface area (Å²) < 4.78 is 33.7. The molecule has 3 rings (SSSR count). The molecule has 0 saturated carbocycles. The fourth-order valence-electron chi connectivity index (χ4n) is 3.77. The van der Waals surface area contributed by atoms with Gasteiger partial charge in [-0.15, -0.1) is 0 Å². The van der Waals surface area contributed by atoms with E-state index in [1.807, 2.05) is 0 Å². The normalized spacial score (nSPS) is 25.8. The Morgan fingerprint density at radius 1 is 1.44 bits per heavy atom. The van der Waals surface area contributed by atoms with Gasteiger partial charge in [-0.2, -0.15) is 0 Å². The second-order valence-electron chi connectivity index (χ2n) is 6.89. The summed E-state index contributed by atoms with van der Waals surface area (Å²) in [5, 5.41) is 0. The number of piperidine rings is 1. The first-order chi connectivity index (χ1) is 11.8. The Balaban J connectivity index is 1.82. The highest BCUT2D eigenvalue weighted by Gasteiger charge is 2.57. The standard InChI is InChI=1S/C16H22F2N4O3/c1-11-19-7-12(20-11)13(23)22-9-15(8-16(17,18)10-22)3-4-21(14(15)24)5-6-25-2/h7H,3-6,8-10H2,1-2H3,(H,19,20)/t15-/m0/s1. The summed E-state index contributed by atoms with van der Waals surface area (Å²) in [6.45, 7) is 2.13. The molecule has 2 aliphatic heterocycles. The Labute approximate surface area is 144 Å². The van der Waals surface area contributed by atoms with Gasteiger partial charge in [-0.25, -0.2) is 13.8 Å². The number of aryl methyl sites for hydroxylation is 1. The molecule has 2 aliphatic rings. The van der Waals surface area contributed by atoms with Crippen LogP contribution in [0.15, 0.2) is 6.20 Å². The average Bonchev–Trinajstić information content (AvgIpc) is 3.09. The van der Waals surface area contributed by atoms with Gasteiger partial charge < -0.3 is 19.5 Å². The largest absolute Gasteiger partial charge is 0.383 e. The highest BCUT2D eigenvalue weighted by Crippen LogP contribution is 2.45. The smallest absolute Gasteiger partial charge is 0.272 e. The molecule has 3 heterocycles. The van der Waals surface area contributed by atoms with Crippen molar-refractivity contribution in [3.8, 4) is 0 Å². The third kappa shape index (κ3) is 3.37. The van der Waals surface area contributed by atoms with Crippen LogP contribution in [0.2, 0.25) is 0 Å². The topological polar surface area (TPSA) is 78.5 Å². The molecule has 0 radical (unpaired) electrons. The van der Waals surface area contributed by atoms with Crippen molar-refractivity contribution < 1.29 is 23.1 Å². The minimum atomic E-state index is -3.10. The number of H-pyrrole nitrogens is 1. The van der Waals surface area contributed by atoms with Gasteiger partial charge >= 0.3 is 0 Å². The number of imidazole rings is 1. The lowest BCUT2D eigenvalue weighted by molar-refractivity contribution is -0.151. The van der Waals surface area contributed by atoms with E-state index in [4.69, 9.17) is 4.74 Å². The van der Waals surface area contributed by atoms with Crippen LogP contribution in [0.25, 0.3) is 0 Å². The Morgan fingerprint density at radius 2 is 2.20 bits per heavy atom. The van der Waals surface area contributed by atoms with Crippen molar-refractivity contribution >= 4 is 11.8 Å². The second-order valence-corrected chi connectivity index (χ2v) is 6.89. The number of carbonyl (C=O) groups is 2. The van der Waals surface area contributed by atoms with Crippen molar-refractivity contribution in [1.82, 2.24) is 19.8 Å². The highest BCUT2D eigenvalue weighted by atomic mass is 19.3. The molecule has 138 valence electrons. The van der Waals surface area contributed by atoms with Gasteiger partial charge in [-0.3, -0.25) is 9.59 Å². The lowest BCUT2D eigenvalue weighted by atomic mass is 9.77. The second kappa shape index (κ2) is 6.36. The number of aromatic amines is 1. The van der Waals surface area contributed by atoms with Gasteiger partial charge in [0.1, 0.15) is 11.5 Å². The van der Waals surface area contributed by atoms with Crippen molar-refractivity contribution in [3.63, 3.8) is 0 Å². The maximum Gasteiger partial charge on any atom is 0.272 e. The number of rotatable bonds is 4. The third-order valence-corrected chi connectivity index (χ3v) is 4.90. The number of halogens is 2. The maximum absolute atomic E-state index is 14.4. The maximum atomic E-state index is 14.4. The fourth-order valence-corrected chi connectivity index (χ4v) is 3.77. The van der Waals surface area contributed by atoms with Gasteiger partial charge in [-0.1, -0.05) is 0 Å². The number of hydrogen-bond acceptors (Lipinski definition) is 4. The van der Waals surface area contributed by atoms with Crippen molar-refractivity contribution in [2.24, 2.45) is 5.41 Å². The van der Waals surface area contributed by atoms with Crippen LogP contribution in [0.5, 0.6) is 0 Å². The summed E-state index contributed by atoms with van der Waals surface area (Å²) >= 11 is 0. The number of ether oxygens (including phenoxy) is 1. The minimum Gasteiger partial charge on any atom is -0.383 e. The van der Waals surface area contributed by atoms with E-state index < -0.39 is 30.2 Å². The van der Waals surface area contributed by atoms with E-state index in [2.05, 4.69) is 9.97 Å². The number of carbonyl (C=O) groups excluding carboxylic acids is 2. The number of likely N-dealkylation sites (tertiary alicyclic amines) is 2. The fraction of sp³-hybridized carbons (Fsp3) is 0.688. The number of hydrogen-bond donors (Lipinski definition) is 1. The predicted octanol–water partition coefficient (Wildman–Crippen LogP) is 1.06. The van der Waals surface area contributed by atoms with Crippen molar-refractivity contribution in [2.45, 2.75) is 25.7 Å². The molecule has 25 heavy (non-hydrogen) atoms. The first-order valence-corrected chi connectivity index (χ1v) is 8.23. The first kappa shape index (κ1) is 17.8. The van der Waals surface area contributed by atoms with E-state index in [0.717, 1.165) is 4.90 Å². The number of amides is 2. The summed E-state index contributed by atoms with van der Waals surface area (Å²) in [7, 11) is 1.53. The summed E-state index contributed by atoms with van der Waals surface area (Å²) in [4.78, 5) is 34.7. The molecular weight excluding hydrogens is 334 g/mol. The van der Waals surface area contributed by atoms with E-state index in [1.54, 1.807) is 11.8 Å². The summed E-state index contributed by atoms with van der Waals surface area (Å²) in [5.41, 5.74) is -1.06. The van der Waals surface area contributed by atoms with Crippen LogP contribution < -0.4 is 0 Å². The van der Waals surface area contributed by atoms with E-state index in [0.29, 0.717) is 31.9 Å². The van der Waals surface area contributed by atoms with Crippen LogP contribution in [0.3, 0.4) is 0 Å². The summed E-state index contributed by atoms with van der Waals surface area (Å²) in [5.74, 6) is -3.44. The van der Waals surface area contributed by atoms with Gasteiger partial charge in [0.15, 0.2) is 0 Å². The van der Waals surface area contributed by atoms with E-state index in [-0.39, 0.29) is 18.1 Å². The minimum absolute atomic E-state index is 0.00179. The number of nitrogens with zero attached hydrogens (tertiary/aromatic N) is 3. The molecular formula is C16H22F2N4O3. The Kier molecular flexibility index (Phi) is 4.52. The summed E-state index contributed by atoms with van der Waals surface area (Å²) in [6.07, 6.45) is 1.13. The van der Waals surface area contributed by atoms with Gasteiger partial charge in [0.25, 0.3) is 11.8 Å². The van der Waals surface area contributed by atoms with Gasteiger partial charge in [0.05, 0.1) is 24.8 Å². The van der Waals surface area contributed by atoms with Gasteiger partial charge in [0.2, 0.25) is 5.91 Å².